The van der Waals surface area contributed by atoms with Gasteiger partial charge >= 0.3 is 11.3 Å². The number of benzene rings is 3. The topological polar surface area (TPSA) is 102 Å². The number of hydrogen-bond donors (Lipinski definition) is 0. The molecule has 40 heavy (non-hydrogen) atoms. The summed E-state index contributed by atoms with van der Waals surface area (Å²) in [7, 11) is 0. The van der Waals surface area contributed by atoms with Gasteiger partial charge in [-0.3, -0.25) is 0 Å². The van der Waals surface area contributed by atoms with Crippen LogP contribution in [0.5, 0.6) is 0 Å². The van der Waals surface area contributed by atoms with Gasteiger partial charge in [0.05, 0.1) is 28.2 Å². The zero-order valence-corrected chi connectivity index (χ0v) is 22.4. The Bertz CT molecular complexity index is 2130. The number of aromatic nitrogens is 1. The predicted octanol–water partition coefficient (Wildman–Crippen LogP) is 6.03. The summed E-state index contributed by atoms with van der Waals surface area (Å²) in [5.41, 5.74) is 3.25. The fourth-order valence-electron chi connectivity index (χ4n) is 4.28. The Hall–Kier alpha value is -5.15. The number of para-hydroxylation sites is 2. The van der Waals surface area contributed by atoms with Crippen molar-refractivity contribution < 1.29 is 8.83 Å². The third kappa shape index (κ3) is 4.85. The Kier molecular flexibility index (Phi) is 6.63. The van der Waals surface area contributed by atoms with E-state index >= 15 is 0 Å². The Morgan fingerprint density at radius 3 is 1.90 bits per heavy atom. The highest BCUT2D eigenvalue weighted by atomic mass is 32.1. The molecule has 6 rings (SSSR count). The number of nitrogens with zero attached hydrogens (tertiary/aromatic N) is 4. The van der Waals surface area contributed by atoms with E-state index in [9.17, 15) is 9.59 Å². The minimum atomic E-state index is -0.490. The summed E-state index contributed by atoms with van der Waals surface area (Å²) in [5, 5.41) is 17.1. The summed E-state index contributed by atoms with van der Waals surface area (Å²) < 4.78 is 12.6. The average molecular weight is 547 g/mol. The molecule has 0 bridgehead atoms. The van der Waals surface area contributed by atoms with Crippen LogP contribution in [0.3, 0.4) is 0 Å². The Labute approximate surface area is 231 Å². The molecule has 0 saturated carbocycles. The van der Waals surface area contributed by atoms with Crippen molar-refractivity contribution in [2.24, 2.45) is 15.3 Å². The fraction of sp³-hybridized carbons (Fsp3) is 0.0645. The second kappa shape index (κ2) is 10.5. The molecule has 0 atom stereocenters. The van der Waals surface area contributed by atoms with Gasteiger partial charge in [0.1, 0.15) is 11.2 Å². The smallest absolute Gasteiger partial charge is 0.345 e. The first-order chi connectivity index (χ1) is 19.5. The van der Waals surface area contributed by atoms with Crippen LogP contribution in [0.15, 0.2) is 130 Å². The molecule has 0 spiro atoms. The van der Waals surface area contributed by atoms with E-state index in [1.807, 2.05) is 72.1 Å². The highest BCUT2D eigenvalue weighted by molar-refractivity contribution is 7.07. The molecule has 8 nitrogen and oxygen atoms in total. The first-order valence-electron chi connectivity index (χ1n) is 12.4. The molecule has 6 aromatic rings. The van der Waals surface area contributed by atoms with Crippen LogP contribution in [0.1, 0.15) is 25.0 Å². The van der Waals surface area contributed by atoms with Gasteiger partial charge in [0.15, 0.2) is 0 Å². The molecule has 0 aliphatic carbocycles. The van der Waals surface area contributed by atoms with Crippen molar-refractivity contribution in [3.8, 4) is 11.3 Å². The van der Waals surface area contributed by atoms with Crippen LogP contribution in [-0.4, -0.2) is 16.1 Å². The van der Waals surface area contributed by atoms with Gasteiger partial charge in [0, 0.05) is 21.7 Å². The van der Waals surface area contributed by atoms with Crippen molar-refractivity contribution in [1.82, 2.24) is 4.68 Å². The van der Waals surface area contributed by atoms with Crippen LogP contribution in [0, 0.1) is 0 Å². The molecule has 0 aliphatic rings. The van der Waals surface area contributed by atoms with Gasteiger partial charge < -0.3 is 8.83 Å². The lowest BCUT2D eigenvalue weighted by molar-refractivity contribution is 0.559. The summed E-state index contributed by atoms with van der Waals surface area (Å²) in [5.74, 6) is 0. The lowest BCUT2D eigenvalue weighted by atomic mass is 10.1. The van der Waals surface area contributed by atoms with Crippen molar-refractivity contribution in [3.63, 3.8) is 0 Å². The van der Waals surface area contributed by atoms with Gasteiger partial charge in [0.2, 0.25) is 4.80 Å². The zero-order chi connectivity index (χ0) is 27.6. The molecule has 0 aliphatic heterocycles. The van der Waals surface area contributed by atoms with E-state index < -0.39 is 11.3 Å². The number of fused-ring (bicyclic) bond motifs is 2. The predicted molar refractivity (Wildman–Crippen MR) is 158 cm³/mol. The molecule has 3 heterocycles. The van der Waals surface area contributed by atoms with Gasteiger partial charge in [-0.15, -0.1) is 16.4 Å². The normalized spacial score (nSPS) is 12.9. The number of thiazole rings is 1. The second-order valence-corrected chi connectivity index (χ2v) is 9.86. The lowest BCUT2D eigenvalue weighted by Gasteiger charge is -2.06. The highest BCUT2D eigenvalue weighted by Gasteiger charge is 2.13. The lowest BCUT2D eigenvalue weighted by Crippen LogP contribution is -2.18. The van der Waals surface area contributed by atoms with E-state index in [0.717, 1.165) is 22.0 Å². The minimum Gasteiger partial charge on any atom is -0.422 e. The summed E-state index contributed by atoms with van der Waals surface area (Å²) in [4.78, 5) is 25.9. The first kappa shape index (κ1) is 25.1. The summed E-state index contributed by atoms with van der Waals surface area (Å²) >= 11 is 1.34. The van der Waals surface area contributed by atoms with Gasteiger partial charge in [-0.2, -0.15) is 10.2 Å². The monoisotopic (exact) mass is 546 g/mol. The van der Waals surface area contributed by atoms with Crippen LogP contribution >= 0.6 is 11.3 Å². The molecule has 9 heteroatoms. The van der Waals surface area contributed by atoms with Gasteiger partial charge in [0.25, 0.3) is 0 Å². The molecule has 196 valence electrons. The molecule has 0 unspecified atom stereocenters. The third-order valence-corrected chi connectivity index (χ3v) is 7.16. The summed E-state index contributed by atoms with van der Waals surface area (Å²) in [6, 6.07) is 27.9. The van der Waals surface area contributed by atoms with E-state index in [-0.39, 0.29) is 0 Å². The van der Waals surface area contributed by atoms with E-state index in [1.165, 1.54) is 11.3 Å². The van der Waals surface area contributed by atoms with Crippen LogP contribution in [0.4, 0.5) is 0 Å². The van der Waals surface area contributed by atoms with Gasteiger partial charge in [-0.1, -0.05) is 66.7 Å². The Morgan fingerprint density at radius 2 is 1.27 bits per heavy atom. The maximum Gasteiger partial charge on any atom is 0.345 e. The van der Waals surface area contributed by atoms with Crippen LogP contribution in [-0.2, 0) is 0 Å². The molecular formula is C31H22N4O4S. The van der Waals surface area contributed by atoms with Crippen molar-refractivity contribution in [3.05, 3.63) is 133 Å². The molecule has 0 radical (unpaired) electrons. The fourth-order valence-corrected chi connectivity index (χ4v) is 5.06. The number of hydrogen-bond acceptors (Lipinski definition) is 8. The molecule has 0 fully saturated rings. The standard InChI is InChI=1S/C31H22N4O4S/c1-19(24-16-22-12-6-8-14-27(22)38-29(24)36)32-33-31-35(26(18-40-31)21-10-4-3-5-11-21)34-20(2)25-17-23-13-7-9-15-28(23)39-30(25)37/h3-18H,1-2H3/b32-19+,33-31+,34-20+. The SMILES string of the molecule is C/C(=N\N=c1\scc(-c2ccccc2)n1/N=C(\C)c1cc2ccccc2oc1=O)c1cc2ccccc2oc1=O. The molecule has 3 aromatic carbocycles. The largest absolute Gasteiger partial charge is 0.422 e. The first-order valence-corrected chi connectivity index (χ1v) is 13.3. The van der Waals surface area contributed by atoms with E-state index in [4.69, 9.17) is 13.9 Å². The van der Waals surface area contributed by atoms with Crippen molar-refractivity contribution in [1.29, 1.82) is 0 Å². The summed E-state index contributed by atoms with van der Waals surface area (Å²) in [6.07, 6.45) is 0. The van der Waals surface area contributed by atoms with E-state index in [2.05, 4.69) is 10.2 Å². The minimum absolute atomic E-state index is 0.322. The quantitative estimate of drug-likeness (QED) is 0.150. The Balaban J connectivity index is 1.49. The maximum absolute atomic E-state index is 12.8. The maximum atomic E-state index is 12.8. The van der Waals surface area contributed by atoms with Crippen LogP contribution < -0.4 is 16.1 Å². The number of rotatable bonds is 5. The Morgan fingerprint density at radius 1 is 0.725 bits per heavy atom. The van der Waals surface area contributed by atoms with Crippen molar-refractivity contribution >= 4 is 44.7 Å². The van der Waals surface area contributed by atoms with Crippen molar-refractivity contribution in [2.75, 3.05) is 0 Å². The molecule has 0 saturated heterocycles. The van der Waals surface area contributed by atoms with Crippen molar-refractivity contribution in [2.45, 2.75) is 13.8 Å². The van der Waals surface area contributed by atoms with Gasteiger partial charge in [-0.25, -0.2) is 14.3 Å². The molecular weight excluding hydrogens is 524 g/mol. The van der Waals surface area contributed by atoms with Crippen LogP contribution in [0.2, 0.25) is 0 Å². The zero-order valence-electron chi connectivity index (χ0n) is 21.6. The third-order valence-electron chi connectivity index (χ3n) is 6.35. The molecule has 3 aromatic heterocycles. The van der Waals surface area contributed by atoms with Gasteiger partial charge in [-0.05, 0) is 38.1 Å². The van der Waals surface area contributed by atoms with E-state index in [0.29, 0.717) is 38.5 Å². The molecule has 0 amide bonds. The van der Waals surface area contributed by atoms with E-state index in [1.54, 1.807) is 42.8 Å². The summed E-state index contributed by atoms with van der Waals surface area (Å²) in [6.45, 7) is 3.45. The molecule has 0 N–H and O–H groups in total. The van der Waals surface area contributed by atoms with Crippen LogP contribution in [0.25, 0.3) is 33.2 Å². The second-order valence-electron chi connectivity index (χ2n) is 9.02. The average Bonchev–Trinajstić information content (AvgIpc) is 3.37. The highest BCUT2D eigenvalue weighted by Crippen LogP contribution is 2.21.